The molecule has 0 N–H and O–H groups in total. The molecule has 0 saturated carbocycles. The van der Waals surface area contributed by atoms with Crippen LogP contribution in [0.3, 0.4) is 0 Å². The van der Waals surface area contributed by atoms with E-state index in [9.17, 15) is 0 Å². The van der Waals surface area contributed by atoms with Crippen molar-refractivity contribution < 1.29 is 0 Å². The quantitative estimate of drug-likeness (QED) is 0.549. The summed E-state index contributed by atoms with van der Waals surface area (Å²) in [7, 11) is 1.73. The fourth-order valence-corrected chi connectivity index (χ4v) is 1.82. The molecule has 0 aliphatic heterocycles. The third-order valence-corrected chi connectivity index (χ3v) is 2.61. The van der Waals surface area contributed by atoms with Crippen LogP contribution in [0.15, 0.2) is 64.6 Å². The van der Waals surface area contributed by atoms with Crippen molar-refractivity contribution >= 4 is 12.6 Å². The lowest BCUT2D eigenvalue weighted by Gasteiger charge is -2.08. The molecule has 2 aromatic carbocycles. The molecule has 0 aromatic heterocycles. The molecular weight excluding hydrogens is 208 g/mol. The van der Waals surface area contributed by atoms with E-state index in [4.69, 9.17) is 0 Å². The number of hydrogen-bond donors (Lipinski definition) is 0. The Morgan fingerprint density at radius 2 is 1.59 bits per heavy atom. The summed E-state index contributed by atoms with van der Waals surface area (Å²) in [6, 6.07) is 18.3. The number of aliphatic imine (C=N–C) groups is 2. The maximum Gasteiger partial charge on any atom is 0.154 e. The molecule has 0 saturated heterocycles. The first-order valence-corrected chi connectivity index (χ1v) is 5.45. The summed E-state index contributed by atoms with van der Waals surface area (Å²) in [5, 5.41) is 0. The lowest BCUT2D eigenvalue weighted by Crippen LogP contribution is -1.99. The van der Waals surface area contributed by atoms with Gasteiger partial charge in [0.2, 0.25) is 0 Å². The molecule has 0 bridgehead atoms. The van der Waals surface area contributed by atoms with E-state index in [1.54, 1.807) is 7.05 Å². The average molecular weight is 222 g/mol. The Kier molecular flexibility index (Phi) is 3.46. The van der Waals surface area contributed by atoms with Crippen LogP contribution in [0, 0.1) is 0 Å². The molecule has 0 aliphatic rings. The Hall–Kier alpha value is -2.22. The Morgan fingerprint density at radius 3 is 2.24 bits per heavy atom. The van der Waals surface area contributed by atoms with E-state index in [2.05, 4.69) is 34.9 Å². The first-order valence-electron chi connectivity index (χ1n) is 5.45. The molecule has 2 nitrogen and oxygen atoms in total. The molecule has 84 valence electrons. The summed E-state index contributed by atoms with van der Waals surface area (Å²) >= 11 is 0. The first-order chi connectivity index (χ1) is 8.36. The fourth-order valence-electron chi connectivity index (χ4n) is 1.82. The molecule has 2 rings (SSSR count). The zero-order valence-corrected chi connectivity index (χ0v) is 9.80. The van der Waals surface area contributed by atoms with Crippen LogP contribution >= 0.6 is 0 Å². The van der Waals surface area contributed by atoms with Gasteiger partial charge < -0.3 is 0 Å². The minimum absolute atomic E-state index is 0.671. The van der Waals surface area contributed by atoms with Gasteiger partial charge in [-0.15, -0.1) is 0 Å². The van der Waals surface area contributed by atoms with Crippen molar-refractivity contribution in [2.24, 2.45) is 9.98 Å². The van der Waals surface area contributed by atoms with Crippen molar-refractivity contribution in [3.8, 4) is 11.1 Å². The van der Waals surface area contributed by atoms with Gasteiger partial charge in [0.1, 0.15) is 0 Å². The molecule has 2 heteroatoms. The van der Waals surface area contributed by atoms with Crippen LogP contribution in [-0.4, -0.2) is 19.6 Å². The number of amidine groups is 1. The van der Waals surface area contributed by atoms with Crippen molar-refractivity contribution in [2.75, 3.05) is 7.05 Å². The molecule has 0 amide bonds. The molecular formula is C15H14N2. The van der Waals surface area contributed by atoms with Gasteiger partial charge in [0.25, 0.3) is 0 Å². The highest BCUT2D eigenvalue weighted by Gasteiger charge is 2.07. The molecule has 0 unspecified atom stereocenters. The minimum atomic E-state index is 0.671. The lowest BCUT2D eigenvalue weighted by atomic mass is 9.99. The van der Waals surface area contributed by atoms with Crippen molar-refractivity contribution in [1.29, 1.82) is 0 Å². The zero-order chi connectivity index (χ0) is 12.1. The van der Waals surface area contributed by atoms with Gasteiger partial charge in [-0.05, 0) is 17.8 Å². The summed E-state index contributed by atoms with van der Waals surface area (Å²) in [5.41, 5.74) is 3.30. The lowest BCUT2D eigenvalue weighted by molar-refractivity contribution is 1.39. The van der Waals surface area contributed by atoms with Gasteiger partial charge >= 0.3 is 0 Å². The topological polar surface area (TPSA) is 24.7 Å². The largest absolute Gasteiger partial charge is 0.270 e. The SMILES string of the molecule is C=NC(=NC)c1ccccc1-c1ccccc1. The maximum absolute atomic E-state index is 4.15. The van der Waals surface area contributed by atoms with Crippen LogP contribution in [0.25, 0.3) is 11.1 Å². The zero-order valence-electron chi connectivity index (χ0n) is 9.80. The molecule has 0 spiro atoms. The van der Waals surface area contributed by atoms with E-state index in [0.29, 0.717) is 5.84 Å². The second-order valence-electron chi connectivity index (χ2n) is 3.62. The highest BCUT2D eigenvalue weighted by atomic mass is 14.9. The fraction of sp³-hybridized carbons (Fsp3) is 0.0667. The maximum atomic E-state index is 4.15. The highest BCUT2D eigenvalue weighted by Crippen LogP contribution is 2.24. The molecule has 0 atom stereocenters. The van der Waals surface area contributed by atoms with Crippen LogP contribution in [-0.2, 0) is 0 Å². The van der Waals surface area contributed by atoms with Gasteiger partial charge in [-0.1, -0.05) is 54.6 Å². The molecule has 0 aliphatic carbocycles. The van der Waals surface area contributed by atoms with Gasteiger partial charge in [0.15, 0.2) is 5.84 Å². The smallest absolute Gasteiger partial charge is 0.154 e. The van der Waals surface area contributed by atoms with Crippen molar-refractivity contribution in [1.82, 2.24) is 0 Å². The van der Waals surface area contributed by atoms with E-state index in [0.717, 1.165) is 16.7 Å². The Balaban J connectivity index is 2.60. The third kappa shape index (κ3) is 2.31. The monoisotopic (exact) mass is 222 g/mol. The minimum Gasteiger partial charge on any atom is -0.270 e. The van der Waals surface area contributed by atoms with Crippen LogP contribution < -0.4 is 0 Å². The van der Waals surface area contributed by atoms with Crippen molar-refractivity contribution in [2.45, 2.75) is 0 Å². The van der Waals surface area contributed by atoms with Crippen molar-refractivity contribution in [3.05, 3.63) is 60.2 Å². The summed E-state index contributed by atoms with van der Waals surface area (Å²) in [6.45, 7) is 3.56. The summed E-state index contributed by atoms with van der Waals surface area (Å²) < 4.78 is 0. The van der Waals surface area contributed by atoms with Gasteiger partial charge in [0, 0.05) is 12.6 Å². The van der Waals surface area contributed by atoms with E-state index < -0.39 is 0 Å². The first kappa shape index (κ1) is 11.3. The van der Waals surface area contributed by atoms with Gasteiger partial charge in [-0.3, -0.25) is 4.99 Å². The number of hydrogen-bond acceptors (Lipinski definition) is 1. The molecule has 0 heterocycles. The Labute approximate surface area is 101 Å². The number of rotatable bonds is 2. The van der Waals surface area contributed by atoms with Crippen LogP contribution in [0.5, 0.6) is 0 Å². The molecule has 2 aromatic rings. The summed E-state index contributed by atoms with van der Waals surface area (Å²) in [6.07, 6.45) is 0. The van der Waals surface area contributed by atoms with Gasteiger partial charge in [-0.2, -0.15) is 0 Å². The van der Waals surface area contributed by atoms with Crippen LogP contribution in [0.4, 0.5) is 0 Å². The normalized spacial score (nSPS) is 11.2. The van der Waals surface area contributed by atoms with E-state index in [-0.39, 0.29) is 0 Å². The van der Waals surface area contributed by atoms with Gasteiger partial charge in [-0.25, -0.2) is 4.99 Å². The summed E-state index contributed by atoms with van der Waals surface area (Å²) in [5.74, 6) is 0.671. The predicted octanol–water partition coefficient (Wildman–Crippen LogP) is 3.43. The second-order valence-corrected chi connectivity index (χ2v) is 3.62. The molecule has 17 heavy (non-hydrogen) atoms. The Morgan fingerprint density at radius 1 is 0.941 bits per heavy atom. The summed E-state index contributed by atoms with van der Waals surface area (Å²) in [4.78, 5) is 8.11. The second kappa shape index (κ2) is 5.21. The standard InChI is InChI=1S/C15H14N2/c1-16-15(17-2)14-11-7-6-10-13(14)12-8-4-3-5-9-12/h3-11H,1H2,2H3. The number of benzene rings is 2. The Bertz CT molecular complexity index is 542. The van der Waals surface area contributed by atoms with Gasteiger partial charge in [0.05, 0.1) is 0 Å². The van der Waals surface area contributed by atoms with Crippen LogP contribution in [0.2, 0.25) is 0 Å². The third-order valence-electron chi connectivity index (χ3n) is 2.61. The molecule has 0 fully saturated rings. The molecule has 0 radical (unpaired) electrons. The van der Waals surface area contributed by atoms with E-state index in [1.807, 2.05) is 36.4 Å². The predicted molar refractivity (Wildman–Crippen MR) is 73.9 cm³/mol. The van der Waals surface area contributed by atoms with E-state index in [1.165, 1.54) is 0 Å². The number of nitrogens with zero attached hydrogens (tertiary/aromatic N) is 2. The van der Waals surface area contributed by atoms with Crippen molar-refractivity contribution in [3.63, 3.8) is 0 Å². The van der Waals surface area contributed by atoms with E-state index >= 15 is 0 Å². The highest BCUT2D eigenvalue weighted by molar-refractivity contribution is 6.06. The average Bonchev–Trinajstić information content (AvgIpc) is 2.42. The van der Waals surface area contributed by atoms with Crippen LogP contribution in [0.1, 0.15) is 5.56 Å².